The molecule has 0 aliphatic carbocycles. The Morgan fingerprint density at radius 3 is 2.69 bits per heavy atom. The van der Waals surface area contributed by atoms with Gasteiger partial charge >= 0.3 is 0 Å². The molecule has 0 spiro atoms. The number of halogens is 1. The highest BCUT2D eigenvalue weighted by Crippen LogP contribution is 2.28. The van der Waals surface area contributed by atoms with Crippen LogP contribution in [-0.4, -0.2) is 14.9 Å². The third-order valence-corrected chi connectivity index (χ3v) is 3.72. The third-order valence-electron chi connectivity index (χ3n) is 1.54. The van der Waals surface area contributed by atoms with Crippen LogP contribution in [0.25, 0.3) is 10.7 Å². The molecule has 0 bridgehead atoms. The number of hydrogen-bond donors (Lipinski definition) is 2. The van der Waals surface area contributed by atoms with Crippen molar-refractivity contribution in [3.8, 4) is 10.7 Å². The predicted octanol–water partition coefficient (Wildman–Crippen LogP) is 0.907. The quantitative estimate of drug-likeness (QED) is 0.606. The molecule has 0 saturated heterocycles. The Kier molecular flexibility index (Phi) is 2.12. The molecular formula is C6H6IN5S. The van der Waals surface area contributed by atoms with Crippen LogP contribution in [0.1, 0.15) is 0 Å². The average molecular weight is 307 g/mol. The van der Waals surface area contributed by atoms with Gasteiger partial charge in [0.1, 0.15) is 0 Å². The number of aromatic nitrogens is 3. The molecule has 0 radical (unpaired) electrons. The molecule has 0 fully saturated rings. The summed E-state index contributed by atoms with van der Waals surface area (Å²) in [6, 6.07) is 1.99. The van der Waals surface area contributed by atoms with Crippen LogP contribution in [0.4, 0.5) is 5.95 Å². The molecule has 0 atom stereocenters. The van der Waals surface area contributed by atoms with Gasteiger partial charge in [-0.05, 0) is 34.0 Å². The molecule has 2 aromatic rings. The standard InChI is InChI=1S/C6H6IN5S/c7-3-1-2-13-4(3)5-10-11-6(8)12(5)9/h1-2H,9H2,(H2,8,11). The zero-order valence-corrected chi connectivity index (χ0v) is 9.41. The van der Waals surface area contributed by atoms with E-state index in [4.69, 9.17) is 11.6 Å². The minimum Gasteiger partial charge on any atom is -0.366 e. The summed E-state index contributed by atoms with van der Waals surface area (Å²) in [4.78, 5) is 0.993. The van der Waals surface area contributed by atoms with E-state index in [1.54, 1.807) is 11.3 Å². The van der Waals surface area contributed by atoms with Crippen LogP contribution in [0.3, 0.4) is 0 Å². The Hall–Kier alpha value is -0.830. The zero-order valence-electron chi connectivity index (χ0n) is 6.44. The second-order valence-corrected chi connectivity index (χ2v) is 4.43. The van der Waals surface area contributed by atoms with Gasteiger partial charge in [-0.3, -0.25) is 0 Å². The van der Waals surface area contributed by atoms with Crippen LogP contribution >= 0.6 is 33.9 Å². The van der Waals surface area contributed by atoms with Crippen molar-refractivity contribution < 1.29 is 0 Å². The highest BCUT2D eigenvalue weighted by Gasteiger charge is 2.12. The number of nitrogens with zero attached hydrogens (tertiary/aromatic N) is 3. The van der Waals surface area contributed by atoms with Crippen LogP contribution < -0.4 is 11.6 Å². The first-order chi connectivity index (χ1) is 6.20. The molecule has 13 heavy (non-hydrogen) atoms. The largest absolute Gasteiger partial charge is 0.366 e. The van der Waals surface area contributed by atoms with E-state index in [1.165, 1.54) is 4.68 Å². The van der Waals surface area contributed by atoms with Gasteiger partial charge in [0.15, 0.2) is 5.82 Å². The Morgan fingerprint density at radius 2 is 2.23 bits per heavy atom. The number of rotatable bonds is 1. The SMILES string of the molecule is Nc1nnc(-c2sccc2I)n1N. The third kappa shape index (κ3) is 1.37. The Bertz CT molecular complexity index is 434. The first-order valence-electron chi connectivity index (χ1n) is 3.39. The maximum atomic E-state index is 5.63. The van der Waals surface area contributed by atoms with Crippen LogP contribution in [0.15, 0.2) is 11.4 Å². The molecule has 2 heterocycles. The molecule has 0 saturated carbocycles. The van der Waals surface area contributed by atoms with Gasteiger partial charge in [-0.2, -0.15) is 0 Å². The molecule has 4 N–H and O–H groups in total. The van der Waals surface area contributed by atoms with Crippen LogP contribution in [0.2, 0.25) is 0 Å². The van der Waals surface area contributed by atoms with E-state index >= 15 is 0 Å². The van der Waals surface area contributed by atoms with Crippen molar-refractivity contribution in [2.45, 2.75) is 0 Å². The molecule has 2 aromatic heterocycles. The highest BCUT2D eigenvalue weighted by molar-refractivity contribution is 14.1. The molecule has 0 aromatic carbocycles. The highest BCUT2D eigenvalue weighted by atomic mass is 127. The monoisotopic (exact) mass is 307 g/mol. The topological polar surface area (TPSA) is 82.8 Å². The lowest BCUT2D eigenvalue weighted by Gasteiger charge is -1.98. The molecule has 0 unspecified atom stereocenters. The first kappa shape index (κ1) is 8.75. The van der Waals surface area contributed by atoms with Gasteiger partial charge in [0.05, 0.1) is 4.88 Å². The number of hydrogen-bond acceptors (Lipinski definition) is 5. The first-order valence-corrected chi connectivity index (χ1v) is 5.35. The predicted molar refractivity (Wildman–Crippen MR) is 60.6 cm³/mol. The molecule has 0 aliphatic rings. The van der Waals surface area contributed by atoms with Crippen molar-refractivity contribution in [2.75, 3.05) is 11.6 Å². The Labute approximate surface area is 91.9 Å². The summed E-state index contributed by atoms with van der Waals surface area (Å²) in [6.45, 7) is 0. The number of thiophene rings is 1. The molecule has 0 amide bonds. The Morgan fingerprint density at radius 1 is 1.46 bits per heavy atom. The van der Waals surface area contributed by atoms with Gasteiger partial charge in [-0.1, -0.05) is 0 Å². The maximum Gasteiger partial charge on any atom is 0.241 e. The summed E-state index contributed by atoms with van der Waals surface area (Å²) in [6.07, 6.45) is 0. The minimum absolute atomic E-state index is 0.221. The molecule has 0 aliphatic heterocycles. The second-order valence-electron chi connectivity index (χ2n) is 2.35. The number of nitrogens with two attached hydrogens (primary N) is 2. The summed E-state index contributed by atoms with van der Waals surface area (Å²) in [5, 5.41) is 9.54. The molecular weight excluding hydrogens is 301 g/mol. The van der Waals surface area contributed by atoms with Gasteiger partial charge in [0.25, 0.3) is 0 Å². The Balaban J connectivity index is 2.59. The number of anilines is 1. The van der Waals surface area contributed by atoms with Crippen molar-refractivity contribution in [1.29, 1.82) is 0 Å². The normalized spacial score (nSPS) is 10.5. The van der Waals surface area contributed by atoms with Crippen molar-refractivity contribution in [3.63, 3.8) is 0 Å². The van der Waals surface area contributed by atoms with Crippen molar-refractivity contribution >= 4 is 39.9 Å². The van der Waals surface area contributed by atoms with E-state index in [9.17, 15) is 0 Å². The van der Waals surface area contributed by atoms with Gasteiger partial charge < -0.3 is 11.6 Å². The summed E-state index contributed by atoms with van der Waals surface area (Å²) in [5.41, 5.74) is 5.46. The maximum absolute atomic E-state index is 5.63. The average Bonchev–Trinajstić information content (AvgIpc) is 2.62. The second kappa shape index (κ2) is 3.14. The van der Waals surface area contributed by atoms with E-state index in [1.807, 2.05) is 11.4 Å². The zero-order chi connectivity index (χ0) is 9.42. The van der Waals surface area contributed by atoms with Gasteiger partial charge in [0, 0.05) is 3.57 Å². The van der Waals surface area contributed by atoms with Crippen LogP contribution in [0, 0.1) is 3.57 Å². The smallest absolute Gasteiger partial charge is 0.241 e. The van der Waals surface area contributed by atoms with Crippen molar-refractivity contribution in [1.82, 2.24) is 14.9 Å². The van der Waals surface area contributed by atoms with E-state index < -0.39 is 0 Å². The lowest BCUT2D eigenvalue weighted by atomic mass is 10.4. The number of nitrogen functional groups attached to an aromatic ring is 2. The fourth-order valence-electron chi connectivity index (χ4n) is 0.912. The molecule has 7 heteroatoms. The molecule has 5 nitrogen and oxygen atoms in total. The van der Waals surface area contributed by atoms with Crippen molar-refractivity contribution in [3.05, 3.63) is 15.0 Å². The summed E-state index contributed by atoms with van der Waals surface area (Å²) >= 11 is 3.78. The van der Waals surface area contributed by atoms with E-state index in [2.05, 4.69) is 32.8 Å². The minimum atomic E-state index is 0.221. The van der Waals surface area contributed by atoms with E-state index in [0.29, 0.717) is 5.82 Å². The lowest BCUT2D eigenvalue weighted by molar-refractivity contribution is 1.02. The summed E-state index contributed by atoms with van der Waals surface area (Å²) in [7, 11) is 0. The lowest BCUT2D eigenvalue weighted by Crippen LogP contribution is -2.13. The molecule has 68 valence electrons. The van der Waals surface area contributed by atoms with E-state index in [-0.39, 0.29) is 5.95 Å². The van der Waals surface area contributed by atoms with Gasteiger partial charge in [-0.25, -0.2) is 4.68 Å². The van der Waals surface area contributed by atoms with Gasteiger partial charge in [0.2, 0.25) is 5.95 Å². The fraction of sp³-hybridized carbons (Fsp3) is 0. The van der Waals surface area contributed by atoms with Crippen LogP contribution in [0.5, 0.6) is 0 Å². The van der Waals surface area contributed by atoms with Crippen LogP contribution in [-0.2, 0) is 0 Å². The van der Waals surface area contributed by atoms with E-state index in [0.717, 1.165) is 8.45 Å². The molecule has 2 rings (SSSR count). The summed E-state index contributed by atoms with van der Waals surface area (Å²) < 4.78 is 2.38. The van der Waals surface area contributed by atoms with Gasteiger partial charge in [-0.15, -0.1) is 21.5 Å². The van der Waals surface area contributed by atoms with Crippen molar-refractivity contribution in [2.24, 2.45) is 0 Å². The summed E-state index contributed by atoms with van der Waals surface area (Å²) in [5.74, 6) is 6.46. The fourth-order valence-corrected chi connectivity index (χ4v) is 2.72.